The average molecular weight is 351 g/mol. The van der Waals surface area contributed by atoms with E-state index in [9.17, 15) is 4.79 Å². The van der Waals surface area contributed by atoms with E-state index < -0.39 is 0 Å². The largest absolute Gasteiger partial charge is 0.322 e. The van der Waals surface area contributed by atoms with Crippen LogP contribution in [0.1, 0.15) is 25.8 Å². The summed E-state index contributed by atoms with van der Waals surface area (Å²) in [6.45, 7) is 4.91. The van der Waals surface area contributed by atoms with Crippen molar-refractivity contribution in [2.75, 3.05) is 19.4 Å². The first-order valence-electron chi connectivity index (χ1n) is 8.80. The van der Waals surface area contributed by atoms with Crippen molar-refractivity contribution < 1.29 is 4.79 Å². The lowest BCUT2D eigenvalue weighted by atomic mass is 10.1. The Hall–Kier alpha value is -2.73. The summed E-state index contributed by atoms with van der Waals surface area (Å²) in [5, 5.41) is 7.37. The molecule has 0 bridgehead atoms. The second-order valence-corrected chi connectivity index (χ2v) is 7.21. The van der Waals surface area contributed by atoms with Gasteiger partial charge in [0.25, 0.3) is 0 Å². The van der Waals surface area contributed by atoms with Gasteiger partial charge >= 0.3 is 0 Å². The van der Waals surface area contributed by atoms with E-state index in [0.717, 1.165) is 17.8 Å². The topological polar surface area (TPSA) is 62.5 Å². The van der Waals surface area contributed by atoms with Crippen molar-refractivity contribution in [2.45, 2.75) is 26.8 Å². The van der Waals surface area contributed by atoms with E-state index in [2.05, 4.69) is 58.7 Å². The molecular formula is C20H25N5O. The maximum absolute atomic E-state index is 12.1. The van der Waals surface area contributed by atoms with Gasteiger partial charge in [-0.1, -0.05) is 32.0 Å². The number of hydrogen-bond acceptors (Lipinski definition) is 4. The summed E-state index contributed by atoms with van der Waals surface area (Å²) in [6.07, 6.45) is 3.89. The number of nitrogens with one attached hydrogen (secondary N) is 1. The second kappa shape index (κ2) is 7.66. The van der Waals surface area contributed by atoms with Crippen LogP contribution in [-0.4, -0.2) is 39.5 Å². The normalized spacial score (nSPS) is 11.5. The SMILES string of the molecule is CC(C)CC(=O)Nc1cnn2c(-c3cccc(CN(C)C)c3)ccnc12. The lowest BCUT2D eigenvalue weighted by Gasteiger charge is -2.11. The number of benzene rings is 1. The van der Waals surface area contributed by atoms with Gasteiger partial charge < -0.3 is 10.2 Å². The molecule has 0 spiro atoms. The zero-order valence-corrected chi connectivity index (χ0v) is 15.7. The number of fused-ring (bicyclic) bond motifs is 1. The molecule has 0 atom stereocenters. The fourth-order valence-electron chi connectivity index (χ4n) is 2.96. The Bertz CT molecular complexity index is 913. The minimum atomic E-state index is -0.0184. The predicted octanol–water partition coefficient (Wildman–Crippen LogP) is 3.44. The molecule has 2 heterocycles. The monoisotopic (exact) mass is 351 g/mol. The van der Waals surface area contributed by atoms with Crippen molar-refractivity contribution in [2.24, 2.45) is 5.92 Å². The van der Waals surface area contributed by atoms with Crippen LogP contribution in [0.2, 0.25) is 0 Å². The van der Waals surface area contributed by atoms with Crippen molar-refractivity contribution in [1.29, 1.82) is 0 Å². The molecule has 2 aromatic heterocycles. The first-order chi connectivity index (χ1) is 12.4. The van der Waals surface area contributed by atoms with Gasteiger partial charge in [0.05, 0.1) is 11.9 Å². The van der Waals surface area contributed by atoms with E-state index in [1.54, 1.807) is 16.9 Å². The van der Waals surface area contributed by atoms with Crippen LogP contribution in [-0.2, 0) is 11.3 Å². The smallest absolute Gasteiger partial charge is 0.224 e. The predicted molar refractivity (Wildman–Crippen MR) is 104 cm³/mol. The van der Waals surface area contributed by atoms with Crippen molar-refractivity contribution in [3.8, 4) is 11.3 Å². The molecule has 0 aliphatic carbocycles. The molecule has 0 aliphatic heterocycles. The number of amides is 1. The molecule has 6 heteroatoms. The highest BCUT2D eigenvalue weighted by molar-refractivity contribution is 5.94. The van der Waals surface area contributed by atoms with E-state index in [-0.39, 0.29) is 5.91 Å². The molecule has 0 aliphatic rings. The van der Waals surface area contributed by atoms with Crippen LogP contribution in [0.5, 0.6) is 0 Å². The minimum Gasteiger partial charge on any atom is -0.322 e. The van der Waals surface area contributed by atoms with E-state index in [1.807, 2.05) is 19.9 Å². The number of anilines is 1. The molecule has 0 saturated heterocycles. The number of aromatic nitrogens is 3. The molecule has 6 nitrogen and oxygen atoms in total. The Morgan fingerprint density at radius 2 is 2.08 bits per heavy atom. The van der Waals surface area contributed by atoms with Gasteiger partial charge in [-0.05, 0) is 37.7 Å². The molecular weight excluding hydrogens is 326 g/mol. The number of carbonyl (C=O) groups excluding carboxylic acids is 1. The van der Waals surface area contributed by atoms with Gasteiger partial charge in [0.2, 0.25) is 5.91 Å². The highest BCUT2D eigenvalue weighted by Crippen LogP contribution is 2.24. The summed E-state index contributed by atoms with van der Waals surface area (Å²) in [6, 6.07) is 10.3. The molecule has 26 heavy (non-hydrogen) atoms. The average Bonchev–Trinajstić information content (AvgIpc) is 2.96. The summed E-state index contributed by atoms with van der Waals surface area (Å²) in [5.41, 5.74) is 4.54. The summed E-state index contributed by atoms with van der Waals surface area (Å²) < 4.78 is 1.78. The van der Waals surface area contributed by atoms with Gasteiger partial charge in [-0.15, -0.1) is 0 Å². The molecule has 3 rings (SSSR count). The van der Waals surface area contributed by atoms with Crippen molar-refractivity contribution >= 4 is 17.2 Å². The van der Waals surface area contributed by atoms with E-state index in [0.29, 0.717) is 23.7 Å². The molecule has 0 fully saturated rings. The Morgan fingerprint density at radius 1 is 1.27 bits per heavy atom. The molecule has 1 amide bonds. The fraction of sp³-hybridized carbons (Fsp3) is 0.350. The zero-order valence-electron chi connectivity index (χ0n) is 15.7. The van der Waals surface area contributed by atoms with Gasteiger partial charge in [-0.3, -0.25) is 4.79 Å². The Morgan fingerprint density at radius 3 is 2.81 bits per heavy atom. The highest BCUT2D eigenvalue weighted by atomic mass is 16.1. The molecule has 0 radical (unpaired) electrons. The second-order valence-electron chi connectivity index (χ2n) is 7.21. The lowest BCUT2D eigenvalue weighted by Crippen LogP contribution is -2.13. The van der Waals surface area contributed by atoms with Crippen molar-refractivity contribution in [3.05, 3.63) is 48.3 Å². The molecule has 1 N–H and O–H groups in total. The summed E-state index contributed by atoms with van der Waals surface area (Å²) in [5.74, 6) is 0.287. The van der Waals surface area contributed by atoms with Gasteiger partial charge in [0, 0.05) is 24.7 Å². The Kier molecular flexibility index (Phi) is 5.32. The fourth-order valence-corrected chi connectivity index (χ4v) is 2.96. The number of nitrogens with zero attached hydrogens (tertiary/aromatic N) is 4. The molecule has 3 aromatic rings. The minimum absolute atomic E-state index is 0.0184. The third-order valence-electron chi connectivity index (χ3n) is 3.99. The Labute approximate surface area is 153 Å². The maximum Gasteiger partial charge on any atom is 0.224 e. The summed E-state index contributed by atoms with van der Waals surface area (Å²) in [4.78, 5) is 18.6. The number of rotatable bonds is 6. The van der Waals surface area contributed by atoms with Crippen LogP contribution < -0.4 is 5.32 Å². The van der Waals surface area contributed by atoms with Crippen LogP contribution >= 0.6 is 0 Å². The number of hydrogen-bond donors (Lipinski definition) is 1. The van der Waals surface area contributed by atoms with Crippen LogP contribution in [0, 0.1) is 5.92 Å². The molecule has 0 saturated carbocycles. The van der Waals surface area contributed by atoms with Crippen LogP contribution in [0.3, 0.4) is 0 Å². The van der Waals surface area contributed by atoms with Gasteiger partial charge in [-0.25, -0.2) is 9.50 Å². The molecule has 1 aromatic carbocycles. The third-order valence-corrected chi connectivity index (χ3v) is 3.99. The number of carbonyl (C=O) groups is 1. The lowest BCUT2D eigenvalue weighted by molar-refractivity contribution is -0.116. The first-order valence-corrected chi connectivity index (χ1v) is 8.80. The molecule has 136 valence electrons. The summed E-state index contributed by atoms with van der Waals surface area (Å²) >= 11 is 0. The third kappa shape index (κ3) is 4.08. The van der Waals surface area contributed by atoms with Crippen LogP contribution in [0.4, 0.5) is 5.69 Å². The quantitative estimate of drug-likeness (QED) is 0.739. The van der Waals surface area contributed by atoms with Crippen LogP contribution in [0.15, 0.2) is 42.7 Å². The van der Waals surface area contributed by atoms with E-state index >= 15 is 0 Å². The summed E-state index contributed by atoms with van der Waals surface area (Å²) in [7, 11) is 4.11. The van der Waals surface area contributed by atoms with Gasteiger partial charge in [0.1, 0.15) is 5.69 Å². The van der Waals surface area contributed by atoms with Crippen LogP contribution in [0.25, 0.3) is 16.9 Å². The first kappa shape index (κ1) is 18.1. The van der Waals surface area contributed by atoms with Gasteiger partial charge in [0.15, 0.2) is 5.65 Å². The van der Waals surface area contributed by atoms with E-state index in [1.165, 1.54) is 5.56 Å². The van der Waals surface area contributed by atoms with E-state index in [4.69, 9.17) is 0 Å². The highest BCUT2D eigenvalue weighted by Gasteiger charge is 2.13. The Balaban J connectivity index is 1.95. The zero-order chi connectivity index (χ0) is 18.7. The van der Waals surface area contributed by atoms with Crippen molar-refractivity contribution in [1.82, 2.24) is 19.5 Å². The molecule has 0 unspecified atom stereocenters. The maximum atomic E-state index is 12.1. The van der Waals surface area contributed by atoms with Gasteiger partial charge in [-0.2, -0.15) is 5.10 Å². The standard InChI is InChI=1S/C20H25N5O/c1-14(2)10-19(26)23-17-12-22-25-18(8-9-21-20(17)25)16-7-5-6-15(11-16)13-24(3)4/h5-9,11-12,14H,10,13H2,1-4H3,(H,23,26). The van der Waals surface area contributed by atoms with Crippen molar-refractivity contribution in [3.63, 3.8) is 0 Å².